The van der Waals surface area contributed by atoms with Gasteiger partial charge in [0.15, 0.2) is 5.69 Å². The van der Waals surface area contributed by atoms with E-state index in [4.69, 9.17) is 5.11 Å². The molecule has 0 bridgehead atoms. The molecule has 1 aliphatic rings. The predicted octanol–water partition coefficient (Wildman–Crippen LogP) is 2.05. The van der Waals surface area contributed by atoms with E-state index in [0.717, 1.165) is 30.5 Å². The number of nitrogens with zero attached hydrogens (tertiary/aromatic N) is 2. The summed E-state index contributed by atoms with van der Waals surface area (Å²) in [5, 5.41) is 15.7. The minimum absolute atomic E-state index is 0.00712. The summed E-state index contributed by atoms with van der Waals surface area (Å²) >= 11 is 1.24. The third kappa shape index (κ3) is 3.84. The number of nitrogens with one attached hydrogen (secondary N) is 1. The molecular formula is C17H18FN3O3S. The number of hydrogen-bond acceptors (Lipinski definition) is 4. The Morgan fingerprint density at radius 2 is 2.12 bits per heavy atom. The van der Waals surface area contributed by atoms with Crippen LogP contribution in [-0.4, -0.2) is 44.8 Å². The van der Waals surface area contributed by atoms with E-state index in [1.54, 1.807) is 18.2 Å². The van der Waals surface area contributed by atoms with Gasteiger partial charge in [0.25, 0.3) is 5.91 Å². The fraction of sp³-hybridized carbons (Fsp3) is 0.353. The lowest BCUT2D eigenvalue weighted by molar-refractivity contribution is -0.133. The van der Waals surface area contributed by atoms with Gasteiger partial charge in [-0.1, -0.05) is 12.1 Å². The first-order chi connectivity index (χ1) is 12.1. The fourth-order valence-corrected chi connectivity index (χ4v) is 3.49. The van der Waals surface area contributed by atoms with Crippen LogP contribution in [-0.2, 0) is 17.6 Å². The number of aliphatic carboxylic acids is 1. The number of aromatic nitrogens is 2. The van der Waals surface area contributed by atoms with Crippen molar-refractivity contribution in [3.05, 3.63) is 47.0 Å². The van der Waals surface area contributed by atoms with Crippen LogP contribution in [0.5, 0.6) is 0 Å². The Balaban J connectivity index is 1.75. The van der Waals surface area contributed by atoms with Crippen LogP contribution in [0.15, 0.2) is 24.3 Å². The minimum Gasteiger partial charge on any atom is -0.481 e. The molecule has 1 amide bonds. The van der Waals surface area contributed by atoms with E-state index in [1.165, 1.54) is 22.5 Å². The van der Waals surface area contributed by atoms with Crippen molar-refractivity contribution in [3.63, 3.8) is 0 Å². The fourth-order valence-electron chi connectivity index (χ4n) is 2.92. The molecule has 0 saturated heterocycles. The Hall–Kier alpha value is -2.35. The second-order valence-electron chi connectivity index (χ2n) is 5.69. The molecule has 1 aliphatic carbocycles. The zero-order valence-corrected chi connectivity index (χ0v) is 14.3. The van der Waals surface area contributed by atoms with Gasteiger partial charge < -0.3 is 10.4 Å². The number of thioether (sulfide) groups is 1. The van der Waals surface area contributed by atoms with Crippen molar-refractivity contribution in [2.75, 3.05) is 18.1 Å². The number of rotatable bonds is 7. The summed E-state index contributed by atoms with van der Waals surface area (Å²) in [5.74, 6) is -1.04. The summed E-state index contributed by atoms with van der Waals surface area (Å²) in [6.07, 6.45) is 2.43. The van der Waals surface area contributed by atoms with E-state index < -0.39 is 5.97 Å². The number of para-hydroxylation sites is 1. The molecule has 1 aromatic heterocycles. The first-order valence-electron chi connectivity index (χ1n) is 8.01. The van der Waals surface area contributed by atoms with Gasteiger partial charge in [0, 0.05) is 23.6 Å². The van der Waals surface area contributed by atoms with Crippen molar-refractivity contribution in [3.8, 4) is 5.69 Å². The van der Waals surface area contributed by atoms with Gasteiger partial charge in [0.1, 0.15) is 11.5 Å². The van der Waals surface area contributed by atoms with Crippen LogP contribution < -0.4 is 5.32 Å². The van der Waals surface area contributed by atoms with Crippen LogP contribution in [0, 0.1) is 5.82 Å². The summed E-state index contributed by atoms with van der Waals surface area (Å²) in [5.41, 5.74) is 2.44. The Morgan fingerprint density at radius 3 is 2.88 bits per heavy atom. The van der Waals surface area contributed by atoms with Crippen molar-refractivity contribution < 1.29 is 19.1 Å². The van der Waals surface area contributed by atoms with Crippen LogP contribution in [0.1, 0.15) is 28.2 Å². The number of halogens is 1. The Morgan fingerprint density at radius 1 is 1.32 bits per heavy atom. The van der Waals surface area contributed by atoms with Crippen LogP contribution in [0.2, 0.25) is 0 Å². The van der Waals surface area contributed by atoms with Gasteiger partial charge in [-0.15, -0.1) is 11.8 Å². The molecule has 0 spiro atoms. The third-order valence-corrected chi connectivity index (χ3v) is 4.93. The Bertz CT molecular complexity index is 806. The van der Waals surface area contributed by atoms with Crippen molar-refractivity contribution in [1.82, 2.24) is 15.1 Å². The zero-order valence-electron chi connectivity index (χ0n) is 13.5. The topological polar surface area (TPSA) is 84.2 Å². The van der Waals surface area contributed by atoms with Gasteiger partial charge in [-0.3, -0.25) is 9.59 Å². The first-order valence-corrected chi connectivity index (χ1v) is 9.17. The number of hydrogen-bond donors (Lipinski definition) is 2. The monoisotopic (exact) mass is 363 g/mol. The summed E-state index contributed by atoms with van der Waals surface area (Å²) in [6.45, 7) is 0.359. The Kier molecular flexibility index (Phi) is 5.37. The second kappa shape index (κ2) is 7.69. The molecule has 0 saturated carbocycles. The molecule has 0 unspecified atom stereocenters. The molecule has 1 heterocycles. The lowest BCUT2D eigenvalue weighted by Gasteiger charge is -2.06. The number of carboxylic acids is 1. The maximum Gasteiger partial charge on any atom is 0.313 e. The largest absolute Gasteiger partial charge is 0.481 e. The number of carbonyl (C=O) groups excluding carboxylic acids is 1. The van der Waals surface area contributed by atoms with Crippen LogP contribution >= 0.6 is 11.8 Å². The minimum atomic E-state index is -0.877. The Labute approximate surface area is 148 Å². The maximum atomic E-state index is 14.1. The number of fused-ring (bicyclic) bond motifs is 1. The average Bonchev–Trinajstić information content (AvgIpc) is 3.17. The molecule has 6 nitrogen and oxygen atoms in total. The molecule has 0 fully saturated rings. The highest BCUT2D eigenvalue weighted by Crippen LogP contribution is 2.28. The van der Waals surface area contributed by atoms with E-state index in [-0.39, 0.29) is 17.5 Å². The van der Waals surface area contributed by atoms with Gasteiger partial charge in [0.05, 0.1) is 5.75 Å². The summed E-state index contributed by atoms with van der Waals surface area (Å²) in [6, 6.07) is 6.37. The standard InChI is InChI=1S/C17H18FN3O3S/c18-12-5-1-2-6-14(12)21-13-7-3-4-11(13)16(20-21)17(24)19-8-9-25-10-15(22)23/h1-2,5-6H,3-4,7-10H2,(H,19,24)(H,22,23). The third-order valence-electron chi connectivity index (χ3n) is 3.98. The predicted molar refractivity (Wildman–Crippen MR) is 92.8 cm³/mol. The summed E-state index contributed by atoms with van der Waals surface area (Å²) in [7, 11) is 0. The van der Waals surface area contributed by atoms with E-state index in [2.05, 4.69) is 10.4 Å². The van der Waals surface area contributed by atoms with Crippen LogP contribution in [0.4, 0.5) is 4.39 Å². The van der Waals surface area contributed by atoms with E-state index in [0.29, 0.717) is 23.7 Å². The van der Waals surface area contributed by atoms with E-state index in [9.17, 15) is 14.0 Å². The highest BCUT2D eigenvalue weighted by Gasteiger charge is 2.27. The summed E-state index contributed by atoms with van der Waals surface area (Å²) in [4.78, 5) is 22.9. The van der Waals surface area contributed by atoms with Crippen molar-refractivity contribution >= 4 is 23.6 Å². The molecule has 0 aliphatic heterocycles. The highest BCUT2D eigenvalue weighted by atomic mass is 32.2. The van der Waals surface area contributed by atoms with Gasteiger partial charge in [-0.25, -0.2) is 9.07 Å². The van der Waals surface area contributed by atoms with Gasteiger partial charge in [-0.2, -0.15) is 5.10 Å². The van der Waals surface area contributed by atoms with E-state index >= 15 is 0 Å². The van der Waals surface area contributed by atoms with Crippen molar-refractivity contribution in [2.45, 2.75) is 19.3 Å². The van der Waals surface area contributed by atoms with Gasteiger partial charge in [0.2, 0.25) is 0 Å². The van der Waals surface area contributed by atoms with Gasteiger partial charge >= 0.3 is 5.97 Å². The molecule has 132 valence electrons. The smallest absolute Gasteiger partial charge is 0.313 e. The molecule has 8 heteroatoms. The molecule has 2 aromatic rings. The number of carbonyl (C=O) groups is 2. The second-order valence-corrected chi connectivity index (χ2v) is 6.80. The highest BCUT2D eigenvalue weighted by molar-refractivity contribution is 7.99. The normalized spacial score (nSPS) is 12.8. The van der Waals surface area contributed by atoms with E-state index in [1.807, 2.05) is 0 Å². The van der Waals surface area contributed by atoms with Crippen molar-refractivity contribution in [2.24, 2.45) is 0 Å². The number of carboxylic acid groups (broad SMARTS) is 1. The summed E-state index contributed by atoms with van der Waals surface area (Å²) < 4.78 is 15.6. The first kappa shape index (κ1) is 17.5. The molecule has 1 aromatic carbocycles. The zero-order chi connectivity index (χ0) is 17.8. The molecule has 25 heavy (non-hydrogen) atoms. The van der Waals surface area contributed by atoms with Crippen LogP contribution in [0.25, 0.3) is 5.69 Å². The quantitative estimate of drug-likeness (QED) is 0.736. The van der Waals surface area contributed by atoms with Crippen LogP contribution in [0.3, 0.4) is 0 Å². The SMILES string of the molecule is O=C(O)CSCCNC(=O)c1nn(-c2ccccc2F)c2c1CCC2. The molecule has 0 radical (unpaired) electrons. The lowest BCUT2D eigenvalue weighted by Crippen LogP contribution is -2.27. The molecular weight excluding hydrogens is 345 g/mol. The number of amides is 1. The number of benzene rings is 1. The lowest BCUT2D eigenvalue weighted by atomic mass is 10.2. The molecule has 0 atom stereocenters. The molecule has 2 N–H and O–H groups in total. The maximum absolute atomic E-state index is 14.1. The molecule has 3 rings (SSSR count). The average molecular weight is 363 g/mol. The van der Waals surface area contributed by atoms with Gasteiger partial charge in [-0.05, 0) is 31.4 Å². The van der Waals surface area contributed by atoms with Crippen molar-refractivity contribution in [1.29, 1.82) is 0 Å².